The Morgan fingerprint density at radius 1 is 1.19 bits per heavy atom. The Balaban J connectivity index is 1.83. The number of esters is 2. The van der Waals surface area contributed by atoms with Crippen molar-refractivity contribution in [3.8, 4) is 11.8 Å². The molecule has 1 aromatic carbocycles. The molecule has 3 heterocycles. The minimum atomic E-state index is -0.814. The van der Waals surface area contributed by atoms with Crippen LogP contribution in [0.3, 0.4) is 0 Å². The third kappa shape index (κ3) is 3.40. The summed E-state index contributed by atoms with van der Waals surface area (Å²) in [6, 6.07) is 5.34. The van der Waals surface area contributed by atoms with Crippen molar-refractivity contribution in [2.45, 2.75) is 57.0 Å². The van der Waals surface area contributed by atoms with E-state index in [0.29, 0.717) is 18.8 Å². The van der Waals surface area contributed by atoms with Gasteiger partial charge >= 0.3 is 11.9 Å². The first kappa shape index (κ1) is 24.8. The fourth-order valence-electron chi connectivity index (χ4n) is 6.14. The minimum absolute atomic E-state index is 0.0350. The number of amides is 1. The lowest BCUT2D eigenvalue weighted by Gasteiger charge is -2.41. The Kier molecular flexibility index (Phi) is 6.35. The molecule has 0 aromatic heterocycles. The zero-order chi connectivity index (χ0) is 25.8. The van der Waals surface area contributed by atoms with Crippen LogP contribution in [-0.4, -0.2) is 61.4 Å². The van der Waals surface area contributed by atoms with E-state index in [0.717, 1.165) is 34.1 Å². The van der Waals surface area contributed by atoms with E-state index in [4.69, 9.17) is 14.5 Å². The standard InChI is InChI=1S/C27H28IN3O5/c1-5-6-12-30-19-11-10-17(28)13-18(19)27-14-15(2)31(23(32)16-8-7-9-16)26(27)29-21(25(34)36-4)20(22(27)30)24(33)35-3/h10-11,13,15-16,22H,7-9,12,14H2,1-4H3/t15-,22?,27+/m1/s1. The molecule has 8 nitrogen and oxygen atoms in total. The van der Waals surface area contributed by atoms with Gasteiger partial charge in [0.15, 0.2) is 5.70 Å². The van der Waals surface area contributed by atoms with E-state index in [-0.39, 0.29) is 29.1 Å². The first-order valence-electron chi connectivity index (χ1n) is 12.1. The molecular formula is C27H28IN3O5. The number of aliphatic imine (C=N–C) groups is 1. The lowest BCUT2D eigenvalue weighted by atomic mass is 9.69. The molecular weight excluding hydrogens is 573 g/mol. The van der Waals surface area contributed by atoms with Crippen molar-refractivity contribution in [3.63, 3.8) is 0 Å². The van der Waals surface area contributed by atoms with Gasteiger partial charge in [-0.15, -0.1) is 5.92 Å². The molecule has 4 aliphatic rings. The number of likely N-dealkylation sites (tertiary alicyclic amines) is 1. The van der Waals surface area contributed by atoms with Crippen molar-refractivity contribution < 1.29 is 23.9 Å². The normalized spacial score (nSPS) is 26.2. The molecule has 1 spiro atoms. The molecule has 1 amide bonds. The van der Waals surface area contributed by atoms with Crippen LogP contribution in [0.15, 0.2) is 34.5 Å². The number of ether oxygens (including phenoxy) is 2. The summed E-state index contributed by atoms with van der Waals surface area (Å²) in [6.07, 6.45) is 3.30. The Morgan fingerprint density at radius 2 is 1.92 bits per heavy atom. The van der Waals surface area contributed by atoms with Gasteiger partial charge in [0.1, 0.15) is 5.84 Å². The van der Waals surface area contributed by atoms with Crippen molar-refractivity contribution in [3.05, 3.63) is 38.6 Å². The molecule has 1 saturated carbocycles. The molecule has 3 aliphatic heterocycles. The molecule has 9 heteroatoms. The number of nitrogens with zero attached hydrogens (tertiary/aromatic N) is 3. The number of hydrogen-bond donors (Lipinski definition) is 0. The van der Waals surface area contributed by atoms with Crippen molar-refractivity contribution >= 4 is 52.0 Å². The largest absolute Gasteiger partial charge is 0.466 e. The molecule has 0 bridgehead atoms. The second-order valence-corrected chi connectivity index (χ2v) is 10.9. The maximum Gasteiger partial charge on any atom is 0.357 e. The third-order valence-corrected chi connectivity index (χ3v) is 8.53. The number of fused-ring (bicyclic) bond motifs is 1. The highest BCUT2D eigenvalue weighted by Gasteiger charge is 2.66. The predicted molar refractivity (Wildman–Crippen MR) is 142 cm³/mol. The van der Waals surface area contributed by atoms with E-state index in [2.05, 4.69) is 45.4 Å². The first-order valence-corrected chi connectivity index (χ1v) is 13.2. The summed E-state index contributed by atoms with van der Waals surface area (Å²) in [5.41, 5.74) is 1.11. The van der Waals surface area contributed by atoms with Gasteiger partial charge in [-0.05, 0) is 79.5 Å². The van der Waals surface area contributed by atoms with Gasteiger partial charge in [0, 0.05) is 21.2 Å². The van der Waals surface area contributed by atoms with Crippen LogP contribution in [0, 0.1) is 21.3 Å². The number of amidine groups is 1. The molecule has 2 fully saturated rings. The van der Waals surface area contributed by atoms with E-state index in [1.54, 1.807) is 11.8 Å². The predicted octanol–water partition coefficient (Wildman–Crippen LogP) is 3.17. The number of benzene rings is 1. The fourth-order valence-corrected chi connectivity index (χ4v) is 6.63. The van der Waals surface area contributed by atoms with Crippen LogP contribution < -0.4 is 4.90 Å². The average molecular weight is 601 g/mol. The topological polar surface area (TPSA) is 88.5 Å². The summed E-state index contributed by atoms with van der Waals surface area (Å²) < 4.78 is 11.3. The van der Waals surface area contributed by atoms with Crippen LogP contribution in [0.5, 0.6) is 0 Å². The summed E-state index contributed by atoms with van der Waals surface area (Å²) in [7, 11) is 2.55. The highest BCUT2D eigenvalue weighted by atomic mass is 127. The van der Waals surface area contributed by atoms with Crippen LogP contribution in [0.1, 0.15) is 45.1 Å². The SMILES string of the molecule is CC#CCN1c2ccc(I)cc2[C@]23C[C@@H](C)N(C(=O)C4CCC4)C2=NC(C(=O)OC)=C(C(=O)OC)C13. The van der Waals surface area contributed by atoms with Gasteiger partial charge < -0.3 is 14.4 Å². The summed E-state index contributed by atoms with van der Waals surface area (Å²) in [4.78, 5) is 48.7. The summed E-state index contributed by atoms with van der Waals surface area (Å²) in [6.45, 7) is 4.12. The minimum Gasteiger partial charge on any atom is -0.466 e. The van der Waals surface area contributed by atoms with Crippen molar-refractivity contribution in [1.29, 1.82) is 0 Å². The van der Waals surface area contributed by atoms with E-state index in [9.17, 15) is 14.4 Å². The van der Waals surface area contributed by atoms with Gasteiger partial charge in [0.2, 0.25) is 5.91 Å². The Bertz CT molecular complexity index is 1290. The van der Waals surface area contributed by atoms with Crippen LogP contribution >= 0.6 is 22.6 Å². The second kappa shape index (κ2) is 9.21. The number of hydrogen-bond acceptors (Lipinski definition) is 7. The molecule has 1 aromatic rings. The Hall–Kier alpha value is -2.87. The number of halogens is 1. The molecule has 3 atom stereocenters. The van der Waals surface area contributed by atoms with Gasteiger partial charge in [-0.25, -0.2) is 14.6 Å². The molecule has 5 rings (SSSR count). The summed E-state index contributed by atoms with van der Waals surface area (Å²) >= 11 is 2.27. The van der Waals surface area contributed by atoms with Crippen molar-refractivity contribution in [1.82, 2.24) is 4.90 Å². The van der Waals surface area contributed by atoms with E-state index in [1.807, 2.05) is 19.1 Å². The third-order valence-electron chi connectivity index (χ3n) is 7.86. The molecule has 0 N–H and O–H groups in total. The van der Waals surface area contributed by atoms with Crippen LogP contribution in [-0.2, 0) is 29.3 Å². The number of methoxy groups -OCH3 is 2. The highest BCUT2D eigenvalue weighted by Crippen LogP contribution is 2.58. The van der Waals surface area contributed by atoms with Gasteiger partial charge in [-0.1, -0.05) is 12.3 Å². The molecule has 0 radical (unpaired) electrons. The van der Waals surface area contributed by atoms with Crippen molar-refractivity contribution in [2.75, 3.05) is 25.7 Å². The Morgan fingerprint density at radius 3 is 2.53 bits per heavy atom. The number of carbonyl (C=O) groups is 3. The van der Waals surface area contributed by atoms with Gasteiger partial charge in [0.25, 0.3) is 0 Å². The summed E-state index contributed by atoms with van der Waals surface area (Å²) in [5.74, 6) is 5.21. The first-order chi connectivity index (χ1) is 17.3. The Labute approximate surface area is 224 Å². The van der Waals surface area contributed by atoms with Gasteiger partial charge in [-0.3, -0.25) is 9.69 Å². The van der Waals surface area contributed by atoms with Crippen LogP contribution in [0.25, 0.3) is 0 Å². The number of carbonyl (C=O) groups excluding carboxylic acids is 3. The quantitative estimate of drug-likeness (QED) is 0.300. The smallest absolute Gasteiger partial charge is 0.357 e. The fraction of sp³-hybridized carbons (Fsp3) is 0.481. The monoisotopic (exact) mass is 601 g/mol. The second-order valence-electron chi connectivity index (χ2n) is 9.66. The maximum atomic E-state index is 13.7. The number of anilines is 1. The molecule has 1 unspecified atom stereocenters. The molecule has 1 aliphatic carbocycles. The van der Waals surface area contributed by atoms with Crippen molar-refractivity contribution in [2.24, 2.45) is 10.9 Å². The molecule has 188 valence electrons. The molecule has 36 heavy (non-hydrogen) atoms. The average Bonchev–Trinajstić information content (AvgIpc) is 3.28. The maximum absolute atomic E-state index is 13.7. The van der Waals surface area contributed by atoms with E-state index in [1.165, 1.54) is 14.2 Å². The van der Waals surface area contributed by atoms with E-state index >= 15 is 0 Å². The highest BCUT2D eigenvalue weighted by molar-refractivity contribution is 14.1. The lowest BCUT2D eigenvalue weighted by molar-refractivity contribution is -0.139. The van der Waals surface area contributed by atoms with E-state index < -0.39 is 23.4 Å². The van der Waals surface area contributed by atoms with Gasteiger partial charge in [0.05, 0.1) is 37.8 Å². The zero-order valence-corrected chi connectivity index (χ0v) is 22.9. The molecule has 1 saturated heterocycles. The lowest BCUT2D eigenvalue weighted by Crippen LogP contribution is -2.56. The summed E-state index contributed by atoms with van der Waals surface area (Å²) in [5, 5.41) is 0. The van der Waals surface area contributed by atoms with Crippen LogP contribution in [0.2, 0.25) is 0 Å². The van der Waals surface area contributed by atoms with Gasteiger partial charge in [-0.2, -0.15) is 0 Å². The van der Waals surface area contributed by atoms with Crippen LogP contribution in [0.4, 0.5) is 5.69 Å². The number of rotatable bonds is 4. The zero-order valence-electron chi connectivity index (χ0n) is 20.8.